The van der Waals surface area contributed by atoms with Gasteiger partial charge in [-0.15, -0.1) is 0 Å². The van der Waals surface area contributed by atoms with Crippen LogP contribution < -0.4 is 10.5 Å². The van der Waals surface area contributed by atoms with Crippen LogP contribution in [0.15, 0.2) is 18.2 Å². The van der Waals surface area contributed by atoms with Crippen LogP contribution in [-0.4, -0.2) is 24.4 Å². The predicted molar refractivity (Wildman–Crippen MR) is 82.5 cm³/mol. The minimum Gasteiger partial charge on any atom is -0.491 e. The lowest BCUT2D eigenvalue weighted by molar-refractivity contribution is -0.0327. The van der Waals surface area contributed by atoms with Gasteiger partial charge in [-0.1, -0.05) is 11.6 Å². The van der Waals surface area contributed by atoms with Crippen molar-refractivity contribution < 1.29 is 9.47 Å². The van der Waals surface area contributed by atoms with Crippen molar-refractivity contribution in [2.24, 2.45) is 5.73 Å². The highest BCUT2D eigenvalue weighted by molar-refractivity contribution is 6.30. The summed E-state index contributed by atoms with van der Waals surface area (Å²) in [5.74, 6) is 0.861. The van der Waals surface area contributed by atoms with Gasteiger partial charge in [-0.3, -0.25) is 0 Å². The lowest BCUT2D eigenvalue weighted by Crippen LogP contribution is -2.24. The van der Waals surface area contributed by atoms with Crippen LogP contribution in [0.3, 0.4) is 0 Å². The second kappa shape index (κ2) is 6.33. The number of ether oxygens (including phenoxy) is 2. The van der Waals surface area contributed by atoms with Gasteiger partial charge in [-0.05, 0) is 63.8 Å². The molecule has 1 heterocycles. The number of nitrogens with two attached hydrogens (primary N) is 1. The van der Waals surface area contributed by atoms with E-state index in [1.807, 2.05) is 25.1 Å². The molecule has 0 bridgehead atoms. The zero-order chi connectivity index (χ0) is 14.8. The van der Waals surface area contributed by atoms with Crippen molar-refractivity contribution in [3.05, 3.63) is 28.8 Å². The number of rotatable bonds is 5. The quantitative estimate of drug-likeness (QED) is 0.903. The van der Waals surface area contributed by atoms with E-state index in [-0.39, 0.29) is 17.7 Å². The molecule has 2 N–H and O–H groups in total. The van der Waals surface area contributed by atoms with Crippen LogP contribution in [0.2, 0.25) is 5.02 Å². The van der Waals surface area contributed by atoms with E-state index in [1.54, 1.807) is 0 Å². The molecular weight excluding hydrogens is 274 g/mol. The van der Waals surface area contributed by atoms with Crippen molar-refractivity contribution in [2.75, 3.05) is 6.61 Å². The van der Waals surface area contributed by atoms with Crippen molar-refractivity contribution in [2.45, 2.75) is 57.8 Å². The average molecular weight is 298 g/mol. The molecule has 4 heteroatoms. The minimum absolute atomic E-state index is 0.0252. The van der Waals surface area contributed by atoms with Crippen molar-refractivity contribution >= 4 is 11.6 Å². The first-order valence-corrected chi connectivity index (χ1v) is 7.58. The molecular formula is C16H24ClNO2. The molecule has 3 nitrogen and oxygen atoms in total. The summed E-state index contributed by atoms with van der Waals surface area (Å²) >= 11 is 6.04. The van der Waals surface area contributed by atoms with Gasteiger partial charge in [0.05, 0.1) is 11.7 Å². The molecule has 0 aromatic heterocycles. The molecule has 2 atom stereocenters. The van der Waals surface area contributed by atoms with E-state index < -0.39 is 0 Å². The van der Waals surface area contributed by atoms with Crippen LogP contribution in [-0.2, 0) is 11.2 Å². The molecule has 112 valence electrons. The number of halogens is 1. The van der Waals surface area contributed by atoms with E-state index in [0.717, 1.165) is 30.6 Å². The van der Waals surface area contributed by atoms with Crippen LogP contribution in [0.1, 0.15) is 39.2 Å². The summed E-state index contributed by atoms with van der Waals surface area (Å²) in [5, 5.41) is 0.714. The summed E-state index contributed by atoms with van der Waals surface area (Å²) in [6.07, 6.45) is 3.05. The zero-order valence-corrected chi connectivity index (χ0v) is 13.2. The number of hydrogen-bond acceptors (Lipinski definition) is 3. The Morgan fingerprint density at radius 2 is 2.25 bits per heavy atom. The minimum atomic E-state index is -0.0252. The second-order valence-corrected chi connectivity index (χ2v) is 6.72. The van der Waals surface area contributed by atoms with Crippen molar-refractivity contribution in [1.82, 2.24) is 0 Å². The molecule has 1 fully saturated rings. The highest BCUT2D eigenvalue weighted by Gasteiger charge is 2.32. The van der Waals surface area contributed by atoms with Gasteiger partial charge in [0.15, 0.2) is 0 Å². The first-order valence-electron chi connectivity index (χ1n) is 7.20. The lowest BCUT2D eigenvalue weighted by atomic mass is 10.1. The normalized spacial score (nSPS) is 22.8. The summed E-state index contributed by atoms with van der Waals surface area (Å²) in [6.45, 7) is 6.80. The summed E-state index contributed by atoms with van der Waals surface area (Å²) in [7, 11) is 0. The van der Waals surface area contributed by atoms with Gasteiger partial charge in [-0.2, -0.15) is 0 Å². The molecule has 1 aromatic rings. The van der Waals surface area contributed by atoms with Gasteiger partial charge in [0.2, 0.25) is 0 Å². The Bertz CT molecular complexity index is 460. The highest BCUT2D eigenvalue weighted by atomic mass is 35.5. The molecule has 1 aliphatic heterocycles. The largest absolute Gasteiger partial charge is 0.491 e. The second-order valence-electron chi connectivity index (χ2n) is 6.28. The lowest BCUT2D eigenvalue weighted by Gasteiger charge is -2.20. The molecule has 2 rings (SSSR count). The summed E-state index contributed by atoms with van der Waals surface area (Å²) in [4.78, 5) is 0. The van der Waals surface area contributed by atoms with E-state index in [1.165, 1.54) is 0 Å². The van der Waals surface area contributed by atoms with E-state index in [9.17, 15) is 0 Å². The van der Waals surface area contributed by atoms with Gasteiger partial charge in [0.25, 0.3) is 0 Å². The molecule has 2 unspecified atom stereocenters. The summed E-state index contributed by atoms with van der Waals surface area (Å²) in [5.41, 5.74) is 6.91. The van der Waals surface area contributed by atoms with Crippen LogP contribution >= 0.6 is 11.6 Å². The van der Waals surface area contributed by atoms with Crippen LogP contribution in [0.25, 0.3) is 0 Å². The van der Waals surface area contributed by atoms with Crippen LogP contribution in [0, 0.1) is 0 Å². The van der Waals surface area contributed by atoms with Crippen molar-refractivity contribution in [3.8, 4) is 5.75 Å². The standard InChI is InChI=1S/C16H24ClNO2/c1-11(18)8-12-9-13(17)4-5-15(12)19-10-14-6-7-16(2,3)20-14/h4-5,9,11,14H,6-8,10,18H2,1-3H3. The monoisotopic (exact) mass is 297 g/mol. The molecule has 20 heavy (non-hydrogen) atoms. The first kappa shape index (κ1) is 15.6. The Labute approximate surface area is 126 Å². The Morgan fingerprint density at radius 1 is 1.50 bits per heavy atom. The fourth-order valence-electron chi connectivity index (χ4n) is 2.57. The maximum atomic E-state index is 6.04. The van der Waals surface area contributed by atoms with Crippen LogP contribution in [0.5, 0.6) is 5.75 Å². The van der Waals surface area contributed by atoms with Gasteiger partial charge >= 0.3 is 0 Å². The van der Waals surface area contributed by atoms with E-state index in [2.05, 4.69) is 13.8 Å². The highest BCUT2D eigenvalue weighted by Crippen LogP contribution is 2.30. The zero-order valence-electron chi connectivity index (χ0n) is 12.5. The topological polar surface area (TPSA) is 44.5 Å². The molecule has 0 saturated carbocycles. The first-order chi connectivity index (χ1) is 9.35. The fourth-order valence-corrected chi connectivity index (χ4v) is 2.77. The molecule has 1 aliphatic rings. The Morgan fingerprint density at radius 3 is 2.85 bits per heavy atom. The Kier molecular flexibility index (Phi) is 4.95. The third-order valence-corrected chi connectivity index (χ3v) is 3.78. The van der Waals surface area contributed by atoms with E-state index in [4.69, 9.17) is 26.8 Å². The van der Waals surface area contributed by atoms with E-state index in [0.29, 0.717) is 11.6 Å². The third-order valence-electron chi connectivity index (χ3n) is 3.54. The smallest absolute Gasteiger partial charge is 0.122 e. The molecule has 0 amide bonds. The maximum Gasteiger partial charge on any atom is 0.122 e. The van der Waals surface area contributed by atoms with Gasteiger partial charge in [0, 0.05) is 11.1 Å². The number of hydrogen-bond donors (Lipinski definition) is 1. The molecule has 0 spiro atoms. The summed E-state index contributed by atoms with van der Waals surface area (Å²) < 4.78 is 11.9. The van der Waals surface area contributed by atoms with Gasteiger partial charge < -0.3 is 15.2 Å². The third kappa shape index (κ3) is 4.37. The Hall–Kier alpha value is -0.770. The average Bonchev–Trinajstić information content (AvgIpc) is 2.67. The fraction of sp³-hybridized carbons (Fsp3) is 0.625. The van der Waals surface area contributed by atoms with Gasteiger partial charge in [-0.25, -0.2) is 0 Å². The number of benzene rings is 1. The molecule has 1 saturated heterocycles. The molecule has 0 aliphatic carbocycles. The van der Waals surface area contributed by atoms with Crippen molar-refractivity contribution in [3.63, 3.8) is 0 Å². The van der Waals surface area contributed by atoms with Crippen LogP contribution in [0.4, 0.5) is 0 Å². The van der Waals surface area contributed by atoms with Gasteiger partial charge in [0.1, 0.15) is 12.4 Å². The SMILES string of the molecule is CC(N)Cc1cc(Cl)ccc1OCC1CCC(C)(C)O1. The van der Waals surface area contributed by atoms with Crippen molar-refractivity contribution in [1.29, 1.82) is 0 Å². The van der Waals surface area contributed by atoms with E-state index >= 15 is 0 Å². The molecule has 0 radical (unpaired) electrons. The maximum absolute atomic E-state index is 6.04. The molecule has 1 aromatic carbocycles. The predicted octanol–water partition coefficient (Wildman–Crippen LogP) is 3.57. The summed E-state index contributed by atoms with van der Waals surface area (Å²) in [6, 6.07) is 5.78. The Balaban J connectivity index is 1.98.